The molecule has 2 fully saturated rings. The van der Waals surface area contributed by atoms with Gasteiger partial charge >= 0.3 is 11.9 Å². The van der Waals surface area contributed by atoms with Gasteiger partial charge in [0, 0.05) is 17.2 Å². The molecule has 3 atom stereocenters. The van der Waals surface area contributed by atoms with Crippen LogP contribution in [-0.2, 0) is 14.3 Å². The van der Waals surface area contributed by atoms with E-state index in [1.54, 1.807) is 18.2 Å². The Kier molecular flexibility index (Phi) is 7.19. The molecule has 2 aromatic rings. The first-order chi connectivity index (χ1) is 18.3. The highest BCUT2D eigenvalue weighted by molar-refractivity contribution is 6.07. The summed E-state index contributed by atoms with van der Waals surface area (Å²) < 4.78 is 11.2. The lowest BCUT2D eigenvalue weighted by molar-refractivity contribution is -0.176. The molecule has 1 aromatic carbocycles. The van der Waals surface area contributed by atoms with E-state index in [1.165, 1.54) is 24.4 Å². The summed E-state index contributed by atoms with van der Waals surface area (Å²) >= 11 is 0. The number of pyridine rings is 1. The highest BCUT2D eigenvalue weighted by Gasteiger charge is 2.76. The van der Waals surface area contributed by atoms with E-state index >= 15 is 0 Å². The summed E-state index contributed by atoms with van der Waals surface area (Å²) in [7, 11) is 0. The average Bonchev–Trinajstić information content (AvgIpc) is 3.18. The van der Waals surface area contributed by atoms with Gasteiger partial charge in [-0.25, -0.2) is 4.79 Å². The van der Waals surface area contributed by atoms with Crippen molar-refractivity contribution < 1.29 is 29.0 Å². The van der Waals surface area contributed by atoms with Crippen molar-refractivity contribution in [3.05, 3.63) is 70.2 Å². The van der Waals surface area contributed by atoms with E-state index < -0.39 is 39.5 Å². The van der Waals surface area contributed by atoms with Gasteiger partial charge in [0.25, 0.3) is 5.56 Å². The summed E-state index contributed by atoms with van der Waals surface area (Å²) in [5, 5.41) is 10.9. The third-order valence-corrected chi connectivity index (χ3v) is 8.79. The second-order valence-corrected chi connectivity index (χ2v) is 11.3. The molecule has 8 heteroatoms. The molecule has 1 saturated carbocycles. The first-order valence-electron chi connectivity index (χ1n) is 13.2. The number of rotatable bonds is 8. The number of aromatic amines is 1. The third-order valence-electron chi connectivity index (χ3n) is 8.79. The number of hydrogen-bond acceptors (Lipinski definition) is 7. The minimum atomic E-state index is -1.35. The van der Waals surface area contributed by atoms with E-state index in [0.29, 0.717) is 24.3 Å². The SMILES string of the molecule is CC[C@@H](C)/C=C(C)/C=C/C(=O)c1c(O)c(-c2ccc(OC(=O)[C@@]34CC[C@@](C)(C(=O)O3)C4(C)C)cc2)c[nH]c1=O. The van der Waals surface area contributed by atoms with Crippen molar-refractivity contribution >= 4 is 17.7 Å². The minimum absolute atomic E-state index is 0.234. The Balaban J connectivity index is 1.55. The number of esters is 2. The molecule has 206 valence electrons. The predicted molar refractivity (Wildman–Crippen MR) is 146 cm³/mol. The van der Waals surface area contributed by atoms with E-state index in [-0.39, 0.29) is 22.8 Å². The Bertz CT molecular complexity index is 1450. The van der Waals surface area contributed by atoms with E-state index in [4.69, 9.17) is 9.47 Å². The maximum absolute atomic E-state index is 13.2. The maximum Gasteiger partial charge on any atom is 0.356 e. The number of hydrogen-bond donors (Lipinski definition) is 2. The molecule has 2 heterocycles. The van der Waals surface area contributed by atoms with Gasteiger partial charge in [0.2, 0.25) is 5.60 Å². The lowest BCUT2D eigenvalue weighted by Crippen LogP contribution is -2.50. The largest absolute Gasteiger partial charge is 0.506 e. The summed E-state index contributed by atoms with van der Waals surface area (Å²) in [6, 6.07) is 6.27. The number of benzene rings is 1. The van der Waals surface area contributed by atoms with Crippen LogP contribution in [0.15, 0.2) is 59.1 Å². The number of aromatic hydroxyl groups is 1. The van der Waals surface area contributed by atoms with Crippen molar-refractivity contribution in [2.24, 2.45) is 16.7 Å². The first kappa shape index (κ1) is 28.1. The number of fused-ring (bicyclic) bond motifs is 2. The summed E-state index contributed by atoms with van der Waals surface area (Å²) in [6.07, 6.45) is 8.15. The second kappa shape index (κ2) is 9.98. The number of H-pyrrole nitrogens is 1. The fourth-order valence-electron chi connectivity index (χ4n) is 5.48. The summed E-state index contributed by atoms with van der Waals surface area (Å²) in [5.41, 5.74) is -2.26. The molecule has 0 spiro atoms. The van der Waals surface area contributed by atoms with Crippen LogP contribution in [-0.4, -0.2) is 33.4 Å². The zero-order valence-electron chi connectivity index (χ0n) is 23.2. The molecule has 0 unspecified atom stereocenters. The lowest BCUT2D eigenvalue weighted by atomic mass is 9.66. The monoisotopic (exact) mass is 533 g/mol. The Labute approximate surface area is 227 Å². The van der Waals surface area contributed by atoms with Crippen LogP contribution in [0.5, 0.6) is 11.5 Å². The van der Waals surface area contributed by atoms with E-state index in [1.807, 2.05) is 33.8 Å². The van der Waals surface area contributed by atoms with Crippen LogP contribution >= 0.6 is 0 Å². The van der Waals surface area contributed by atoms with Gasteiger partial charge in [0.15, 0.2) is 5.78 Å². The molecule has 1 saturated heterocycles. The molecule has 2 aliphatic rings. The lowest BCUT2D eigenvalue weighted by Gasteiger charge is -2.34. The molecular formula is C31H35NO7. The molecule has 1 aromatic heterocycles. The van der Waals surface area contributed by atoms with Crippen molar-refractivity contribution in [1.82, 2.24) is 4.98 Å². The van der Waals surface area contributed by atoms with Gasteiger partial charge in [-0.1, -0.05) is 64.0 Å². The van der Waals surface area contributed by atoms with E-state index in [0.717, 1.165) is 12.0 Å². The van der Waals surface area contributed by atoms with Crippen molar-refractivity contribution in [2.75, 3.05) is 0 Å². The first-order valence-corrected chi connectivity index (χ1v) is 13.2. The molecule has 0 amide bonds. The standard InChI is InChI=1S/C31H35NO7/c1-7-18(2)16-19(3)8-13-23(33)24-25(34)22(17-32-26(24)35)20-9-11-21(12-10-20)38-28(37)31-15-14-30(6,27(36)39-31)29(31,4)5/h8-13,16-18H,7,14-15H2,1-6H3,(H2,32,34,35)/b13-8+,19-16+/t18-,30+,31-/m1/s1. The fraction of sp³-hybridized carbons (Fsp3) is 0.419. The second-order valence-electron chi connectivity index (χ2n) is 11.3. The fourth-order valence-corrected chi connectivity index (χ4v) is 5.48. The maximum atomic E-state index is 13.2. The molecule has 2 bridgehead atoms. The predicted octanol–water partition coefficient (Wildman–Crippen LogP) is 5.51. The molecule has 1 aliphatic carbocycles. The number of ether oxygens (including phenoxy) is 2. The number of ketones is 1. The van der Waals surface area contributed by atoms with Gasteiger partial charge in [0.05, 0.1) is 5.41 Å². The summed E-state index contributed by atoms with van der Waals surface area (Å²) in [4.78, 5) is 53.4. The molecule has 0 radical (unpaired) electrons. The van der Waals surface area contributed by atoms with Gasteiger partial charge in [-0.15, -0.1) is 0 Å². The average molecular weight is 534 g/mol. The van der Waals surface area contributed by atoms with Gasteiger partial charge in [-0.2, -0.15) is 0 Å². The van der Waals surface area contributed by atoms with Crippen molar-refractivity contribution in [3.63, 3.8) is 0 Å². The van der Waals surface area contributed by atoms with E-state index in [9.17, 15) is 24.3 Å². The molecule has 1 aliphatic heterocycles. The minimum Gasteiger partial charge on any atom is -0.506 e. The quantitative estimate of drug-likeness (QED) is 0.151. The zero-order chi connectivity index (χ0) is 28.8. The number of carbonyl (C=O) groups is 3. The molecular weight excluding hydrogens is 498 g/mol. The summed E-state index contributed by atoms with van der Waals surface area (Å²) in [6.45, 7) is 11.5. The molecule has 39 heavy (non-hydrogen) atoms. The van der Waals surface area contributed by atoms with E-state index in [2.05, 4.69) is 18.8 Å². The Morgan fingerprint density at radius 2 is 1.79 bits per heavy atom. The van der Waals surface area contributed by atoms with Crippen LogP contribution in [0.25, 0.3) is 11.1 Å². The van der Waals surface area contributed by atoms with Crippen LogP contribution in [0, 0.1) is 16.7 Å². The third kappa shape index (κ3) is 4.51. The van der Waals surface area contributed by atoms with Crippen LogP contribution in [0.4, 0.5) is 0 Å². The van der Waals surface area contributed by atoms with Crippen LogP contribution in [0.1, 0.15) is 71.2 Å². The number of aromatic nitrogens is 1. The van der Waals surface area contributed by atoms with Gasteiger partial charge in [-0.05, 0) is 56.4 Å². The molecule has 2 N–H and O–H groups in total. The smallest absolute Gasteiger partial charge is 0.356 e. The summed E-state index contributed by atoms with van der Waals surface area (Å²) in [5.74, 6) is -1.48. The topological polar surface area (TPSA) is 123 Å². The molecule has 8 nitrogen and oxygen atoms in total. The van der Waals surface area contributed by atoms with Gasteiger partial charge in [0.1, 0.15) is 17.1 Å². The number of allylic oxidation sites excluding steroid dienone is 4. The molecule has 4 rings (SSSR count). The van der Waals surface area contributed by atoms with Gasteiger partial charge < -0.3 is 19.6 Å². The Hall–Kier alpha value is -3.94. The van der Waals surface area contributed by atoms with Crippen LogP contribution in [0.2, 0.25) is 0 Å². The zero-order valence-corrected chi connectivity index (χ0v) is 23.2. The van der Waals surface area contributed by atoms with Crippen molar-refractivity contribution in [3.8, 4) is 22.6 Å². The van der Waals surface area contributed by atoms with Crippen LogP contribution in [0.3, 0.4) is 0 Å². The van der Waals surface area contributed by atoms with Gasteiger partial charge in [-0.3, -0.25) is 14.4 Å². The Morgan fingerprint density at radius 1 is 1.13 bits per heavy atom. The van der Waals surface area contributed by atoms with Crippen molar-refractivity contribution in [2.45, 2.75) is 66.4 Å². The van der Waals surface area contributed by atoms with Crippen molar-refractivity contribution in [1.29, 1.82) is 0 Å². The number of carbonyl (C=O) groups excluding carboxylic acids is 3. The highest BCUT2D eigenvalue weighted by Crippen LogP contribution is 2.65. The van der Waals surface area contributed by atoms with Crippen LogP contribution < -0.4 is 10.3 Å². The highest BCUT2D eigenvalue weighted by atomic mass is 16.6. The normalized spacial score (nSPS) is 24.6. The number of nitrogens with one attached hydrogen (secondary N) is 1. The Morgan fingerprint density at radius 3 is 2.36 bits per heavy atom.